The number of rotatable bonds is 5. The van der Waals surface area contributed by atoms with Crippen molar-refractivity contribution < 1.29 is 4.74 Å². The van der Waals surface area contributed by atoms with E-state index in [1.165, 1.54) is 16.6 Å². The SMILES string of the molecule is CCn1c(COc2ccccc2C)cc2ccc(CN)cc21. The summed E-state index contributed by atoms with van der Waals surface area (Å²) in [6, 6.07) is 16.7. The summed E-state index contributed by atoms with van der Waals surface area (Å²) in [5.74, 6) is 0.943. The number of hydrogen-bond acceptors (Lipinski definition) is 2. The smallest absolute Gasteiger partial charge is 0.128 e. The number of para-hydroxylation sites is 1. The molecule has 0 saturated carbocycles. The van der Waals surface area contributed by atoms with Crippen molar-refractivity contribution in [3.63, 3.8) is 0 Å². The number of fused-ring (bicyclic) bond motifs is 1. The maximum Gasteiger partial charge on any atom is 0.128 e. The molecule has 3 heteroatoms. The first kappa shape index (κ1) is 14.7. The molecule has 2 aromatic carbocycles. The molecule has 0 atom stereocenters. The summed E-state index contributed by atoms with van der Waals surface area (Å²) in [5.41, 5.74) is 10.5. The van der Waals surface area contributed by atoms with E-state index in [0.29, 0.717) is 13.2 Å². The second kappa shape index (κ2) is 6.24. The van der Waals surface area contributed by atoms with Gasteiger partial charge in [-0.25, -0.2) is 0 Å². The van der Waals surface area contributed by atoms with Crippen molar-refractivity contribution in [2.75, 3.05) is 0 Å². The molecule has 0 aliphatic rings. The summed E-state index contributed by atoms with van der Waals surface area (Å²) in [4.78, 5) is 0. The fourth-order valence-corrected chi connectivity index (χ4v) is 2.85. The molecule has 2 N–H and O–H groups in total. The Morgan fingerprint density at radius 1 is 1.09 bits per heavy atom. The second-order valence-electron chi connectivity index (χ2n) is 5.53. The third-order valence-corrected chi connectivity index (χ3v) is 4.08. The minimum atomic E-state index is 0.569. The predicted molar refractivity (Wildman–Crippen MR) is 91.0 cm³/mol. The van der Waals surface area contributed by atoms with Crippen molar-refractivity contribution in [1.82, 2.24) is 4.57 Å². The van der Waals surface area contributed by atoms with Crippen LogP contribution < -0.4 is 10.5 Å². The molecular formula is C19H22N2O. The Bertz CT molecular complexity index is 789. The Hall–Kier alpha value is -2.26. The lowest BCUT2D eigenvalue weighted by Gasteiger charge is -2.11. The third kappa shape index (κ3) is 2.72. The van der Waals surface area contributed by atoms with Gasteiger partial charge in [-0.3, -0.25) is 0 Å². The molecule has 0 aliphatic carbocycles. The lowest BCUT2D eigenvalue weighted by molar-refractivity contribution is 0.294. The molecule has 0 fully saturated rings. The van der Waals surface area contributed by atoms with Crippen molar-refractivity contribution in [3.8, 4) is 5.75 Å². The number of aryl methyl sites for hydroxylation is 2. The monoisotopic (exact) mass is 294 g/mol. The number of ether oxygens (including phenoxy) is 1. The van der Waals surface area contributed by atoms with E-state index >= 15 is 0 Å². The van der Waals surface area contributed by atoms with Gasteiger partial charge in [0.1, 0.15) is 12.4 Å². The normalized spacial score (nSPS) is 11.0. The van der Waals surface area contributed by atoms with Crippen LogP contribution in [-0.2, 0) is 19.7 Å². The van der Waals surface area contributed by atoms with E-state index in [4.69, 9.17) is 10.5 Å². The summed E-state index contributed by atoms with van der Waals surface area (Å²) in [5, 5.41) is 1.24. The first-order valence-corrected chi connectivity index (χ1v) is 7.72. The van der Waals surface area contributed by atoms with Crippen LogP contribution in [0.1, 0.15) is 23.7 Å². The van der Waals surface area contributed by atoms with Crippen LogP contribution >= 0.6 is 0 Å². The molecule has 3 nitrogen and oxygen atoms in total. The summed E-state index contributed by atoms with van der Waals surface area (Å²) < 4.78 is 8.30. The van der Waals surface area contributed by atoms with E-state index in [0.717, 1.165) is 23.4 Å². The van der Waals surface area contributed by atoms with Crippen LogP contribution in [0.5, 0.6) is 5.75 Å². The second-order valence-corrected chi connectivity index (χ2v) is 5.53. The topological polar surface area (TPSA) is 40.2 Å². The molecule has 0 aliphatic heterocycles. The van der Waals surface area contributed by atoms with Crippen molar-refractivity contribution in [3.05, 3.63) is 65.4 Å². The minimum absolute atomic E-state index is 0.569. The Kier molecular flexibility index (Phi) is 4.16. The van der Waals surface area contributed by atoms with Crippen molar-refractivity contribution >= 4 is 10.9 Å². The summed E-state index contributed by atoms with van der Waals surface area (Å²) >= 11 is 0. The van der Waals surface area contributed by atoms with Crippen LogP contribution in [0.25, 0.3) is 10.9 Å². The molecular weight excluding hydrogens is 272 g/mol. The van der Waals surface area contributed by atoms with Gasteiger partial charge in [-0.1, -0.05) is 30.3 Å². The van der Waals surface area contributed by atoms with Crippen LogP contribution in [0.4, 0.5) is 0 Å². The Morgan fingerprint density at radius 3 is 2.64 bits per heavy atom. The van der Waals surface area contributed by atoms with Gasteiger partial charge >= 0.3 is 0 Å². The molecule has 0 bridgehead atoms. The third-order valence-electron chi connectivity index (χ3n) is 4.08. The maximum atomic E-state index is 6.01. The number of nitrogens with zero attached hydrogens (tertiary/aromatic N) is 1. The number of nitrogens with two attached hydrogens (primary N) is 1. The van der Waals surface area contributed by atoms with Crippen LogP contribution in [0.2, 0.25) is 0 Å². The highest BCUT2D eigenvalue weighted by Gasteiger charge is 2.09. The van der Waals surface area contributed by atoms with E-state index in [9.17, 15) is 0 Å². The molecule has 3 rings (SSSR count). The molecule has 114 valence electrons. The molecule has 0 unspecified atom stereocenters. The zero-order chi connectivity index (χ0) is 15.5. The fourth-order valence-electron chi connectivity index (χ4n) is 2.85. The molecule has 1 aromatic heterocycles. The zero-order valence-electron chi connectivity index (χ0n) is 13.2. The molecule has 1 heterocycles. The molecule has 0 radical (unpaired) electrons. The number of aromatic nitrogens is 1. The average molecular weight is 294 g/mol. The summed E-state index contributed by atoms with van der Waals surface area (Å²) in [6.07, 6.45) is 0. The molecule has 0 amide bonds. The van der Waals surface area contributed by atoms with E-state index in [2.05, 4.69) is 48.7 Å². The van der Waals surface area contributed by atoms with E-state index in [1.807, 2.05) is 18.2 Å². The van der Waals surface area contributed by atoms with Gasteiger partial charge in [-0.05, 0) is 43.2 Å². The van der Waals surface area contributed by atoms with Gasteiger partial charge in [0.2, 0.25) is 0 Å². The van der Waals surface area contributed by atoms with Gasteiger partial charge < -0.3 is 15.0 Å². The van der Waals surface area contributed by atoms with Crippen LogP contribution in [-0.4, -0.2) is 4.57 Å². The summed E-state index contributed by atoms with van der Waals surface area (Å²) in [6.45, 7) is 6.29. The molecule has 0 saturated heterocycles. The number of hydrogen-bond donors (Lipinski definition) is 1. The van der Waals surface area contributed by atoms with Gasteiger partial charge in [-0.2, -0.15) is 0 Å². The lowest BCUT2D eigenvalue weighted by atomic mass is 10.1. The zero-order valence-corrected chi connectivity index (χ0v) is 13.2. The first-order chi connectivity index (χ1) is 10.7. The Labute approximate surface area is 131 Å². The van der Waals surface area contributed by atoms with Gasteiger partial charge in [0.15, 0.2) is 0 Å². The largest absolute Gasteiger partial charge is 0.487 e. The molecule has 22 heavy (non-hydrogen) atoms. The predicted octanol–water partition coefficient (Wildman–Crippen LogP) is 4.01. The highest BCUT2D eigenvalue weighted by atomic mass is 16.5. The average Bonchev–Trinajstić information content (AvgIpc) is 2.90. The maximum absolute atomic E-state index is 6.01. The Morgan fingerprint density at radius 2 is 1.91 bits per heavy atom. The van der Waals surface area contributed by atoms with Gasteiger partial charge in [0.05, 0.1) is 5.69 Å². The molecule has 0 spiro atoms. The highest BCUT2D eigenvalue weighted by Crippen LogP contribution is 2.24. The fraction of sp³-hybridized carbons (Fsp3) is 0.263. The van der Waals surface area contributed by atoms with Crippen molar-refractivity contribution in [2.45, 2.75) is 33.5 Å². The van der Waals surface area contributed by atoms with Crippen molar-refractivity contribution in [2.24, 2.45) is 5.73 Å². The van der Waals surface area contributed by atoms with Crippen LogP contribution in [0.15, 0.2) is 48.5 Å². The van der Waals surface area contributed by atoms with Crippen LogP contribution in [0, 0.1) is 6.92 Å². The number of benzene rings is 2. The first-order valence-electron chi connectivity index (χ1n) is 7.72. The van der Waals surface area contributed by atoms with E-state index in [-0.39, 0.29) is 0 Å². The lowest BCUT2D eigenvalue weighted by Crippen LogP contribution is -2.05. The quantitative estimate of drug-likeness (QED) is 0.772. The Balaban J connectivity index is 1.92. The van der Waals surface area contributed by atoms with E-state index < -0.39 is 0 Å². The van der Waals surface area contributed by atoms with Crippen molar-refractivity contribution in [1.29, 1.82) is 0 Å². The summed E-state index contributed by atoms with van der Waals surface area (Å²) in [7, 11) is 0. The standard InChI is InChI=1S/C19H22N2O/c1-3-21-17(13-22-19-7-5-4-6-14(19)2)11-16-9-8-15(12-20)10-18(16)21/h4-11H,3,12-13,20H2,1-2H3. The highest BCUT2D eigenvalue weighted by molar-refractivity contribution is 5.82. The van der Waals surface area contributed by atoms with Gasteiger partial charge in [0, 0.05) is 24.0 Å². The van der Waals surface area contributed by atoms with Gasteiger partial charge in [0.25, 0.3) is 0 Å². The van der Waals surface area contributed by atoms with E-state index in [1.54, 1.807) is 0 Å². The van der Waals surface area contributed by atoms with Crippen LogP contribution in [0.3, 0.4) is 0 Å². The minimum Gasteiger partial charge on any atom is -0.487 e. The molecule has 3 aromatic rings. The van der Waals surface area contributed by atoms with Gasteiger partial charge in [-0.15, -0.1) is 0 Å².